The number of rotatable bonds is 6. The van der Waals surface area contributed by atoms with Crippen LogP contribution in [0.1, 0.15) is 17.5 Å². The molecular formula is C15H19N3OS. The van der Waals surface area contributed by atoms with E-state index in [1.807, 2.05) is 41.5 Å². The zero-order valence-corrected chi connectivity index (χ0v) is 12.4. The molecule has 0 aliphatic heterocycles. The largest absolute Gasteiger partial charge is 0.338 e. The molecule has 20 heavy (non-hydrogen) atoms. The number of urea groups is 1. The van der Waals surface area contributed by atoms with Gasteiger partial charge in [-0.1, -0.05) is 12.1 Å². The number of hydrogen-bond donors (Lipinski definition) is 1. The van der Waals surface area contributed by atoms with Crippen LogP contribution in [0.5, 0.6) is 0 Å². The number of pyridine rings is 1. The average molecular weight is 289 g/mol. The topological polar surface area (TPSA) is 45.2 Å². The van der Waals surface area contributed by atoms with Crippen molar-refractivity contribution in [3.8, 4) is 0 Å². The number of thiophene rings is 1. The van der Waals surface area contributed by atoms with Gasteiger partial charge in [-0.25, -0.2) is 4.79 Å². The molecular weight excluding hydrogens is 270 g/mol. The van der Waals surface area contributed by atoms with E-state index in [0.29, 0.717) is 19.6 Å². The molecule has 0 atom stereocenters. The maximum atomic E-state index is 12.1. The zero-order valence-electron chi connectivity index (χ0n) is 11.6. The van der Waals surface area contributed by atoms with Crippen LogP contribution in [0.2, 0.25) is 0 Å². The summed E-state index contributed by atoms with van der Waals surface area (Å²) < 4.78 is 0. The van der Waals surface area contributed by atoms with Crippen molar-refractivity contribution in [1.29, 1.82) is 0 Å². The number of amides is 2. The molecule has 0 saturated heterocycles. The molecule has 2 aromatic heterocycles. The predicted molar refractivity (Wildman–Crippen MR) is 81.7 cm³/mol. The van der Waals surface area contributed by atoms with Crippen molar-refractivity contribution in [2.45, 2.75) is 19.9 Å². The smallest absolute Gasteiger partial charge is 0.317 e. The molecule has 4 nitrogen and oxygen atoms in total. The SMILES string of the molecule is CCN(Cc1cccs1)C(=O)NCCc1ccccn1. The third kappa shape index (κ3) is 4.35. The van der Waals surface area contributed by atoms with Crippen LogP contribution in [-0.2, 0) is 13.0 Å². The molecule has 106 valence electrons. The second-order valence-electron chi connectivity index (χ2n) is 4.40. The Morgan fingerprint density at radius 1 is 1.35 bits per heavy atom. The van der Waals surface area contributed by atoms with Gasteiger partial charge in [0.15, 0.2) is 0 Å². The van der Waals surface area contributed by atoms with Gasteiger partial charge in [0.25, 0.3) is 0 Å². The van der Waals surface area contributed by atoms with Crippen molar-refractivity contribution < 1.29 is 4.79 Å². The lowest BCUT2D eigenvalue weighted by Gasteiger charge is -2.20. The number of carbonyl (C=O) groups excluding carboxylic acids is 1. The highest BCUT2D eigenvalue weighted by atomic mass is 32.1. The van der Waals surface area contributed by atoms with Gasteiger partial charge in [-0.05, 0) is 30.5 Å². The molecule has 0 radical (unpaired) electrons. The molecule has 2 aromatic rings. The third-order valence-corrected chi connectivity index (χ3v) is 3.84. The second kappa shape index (κ2) is 7.65. The van der Waals surface area contributed by atoms with Crippen LogP contribution in [0.4, 0.5) is 4.79 Å². The van der Waals surface area contributed by atoms with Crippen LogP contribution < -0.4 is 5.32 Å². The Morgan fingerprint density at radius 2 is 2.25 bits per heavy atom. The van der Waals surface area contributed by atoms with Crippen molar-refractivity contribution in [1.82, 2.24) is 15.2 Å². The van der Waals surface area contributed by atoms with E-state index < -0.39 is 0 Å². The van der Waals surface area contributed by atoms with Crippen LogP contribution in [0, 0.1) is 0 Å². The highest BCUT2D eigenvalue weighted by molar-refractivity contribution is 7.09. The van der Waals surface area contributed by atoms with Gasteiger partial charge in [0.05, 0.1) is 6.54 Å². The van der Waals surface area contributed by atoms with E-state index in [4.69, 9.17) is 0 Å². The highest BCUT2D eigenvalue weighted by Gasteiger charge is 2.11. The minimum Gasteiger partial charge on any atom is -0.338 e. The van der Waals surface area contributed by atoms with Crippen molar-refractivity contribution in [2.75, 3.05) is 13.1 Å². The van der Waals surface area contributed by atoms with Gasteiger partial charge in [-0.15, -0.1) is 11.3 Å². The average Bonchev–Trinajstić information content (AvgIpc) is 2.98. The Labute approximate surface area is 123 Å². The van der Waals surface area contributed by atoms with Gasteiger partial charge in [-0.2, -0.15) is 0 Å². The summed E-state index contributed by atoms with van der Waals surface area (Å²) in [6.45, 7) is 3.97. The van der Waals surface area contributed by atoms with Gasteiger partial charge in [-0.3, -0.25) is 4.98 Å². The molecule has 0 bridgehead atoms. The van der Waals surface area contributed by atoms with E-state index in [0.717, 1.165) is 12.1 Å². The van der Waals surface area contributed by atoms with Gasteiger partial charge in [0.1, 0.15) is 0 Å². The van der Waals surface area contributed by atoms with Crippen LogP contribution in [0.15, 0.2) is 41.9 Å². The molecule has 0 aliphatic carbocycles. The predicted octanol–water partition coefficient (Wildman–Crippen LogP) is 2.92. The number of carbonyl (C=O) groups is 1. The van der Waals surface area contributed by atoms with Gasteiger partial charge in [0, 0.05) is 36.3 Å². The fraction of sp³-hybridized carbons (Fsp3) is 0.333. The fourth-order valence-electron chi connectivity index (χ4n) is 1.87. The standard InChI is InChI=1S/C15H19N3OS/c1-2-18(12-14-7-5-11-20-14)15(19)17-10-8-13-6-3-4-9-16-13/h3-7,9,11H,2,8,10,12H2,1H3,(H,17,19). The molecule has 2 rings (SSSR count). The van der Waals surface area contributed by atoms with Gasteiger partial charge < -0.3 is 10.2 Å². The van der Waals surface area contributed by atoms with Crippen LogP contribution in [-0.4, -0.2) is 29.0 Å². The Balaban J connectivity index is 1.77. The Hall–Kier alpha value is -1.88. The minimum absolute atomic E-state index is 0.0168. The number of nitrogens with one attached hydrogen (secondary N) is 1. The molecule has 0 aliphatic rings. The van der Waals surface area contributed by atoms with Crippen molar-refractivity contribution in [3.05, 3.63) is 52.5 Å². The van der Waals surface area contributed by atoms with Crippen molar-refractivity contribution in [3.63, 3.8) is 0 Å². The lowest BCUT2D eigenvalue weighted by molar-refractivity contribution is 0.199. The quantitative estimate of drug-likeness (QED) is 0.888. The van der Waals surface area contributed by atoms with Crippen LogP contribution >= 0.6 is 11.3 Å². The summed E-state index contributed by atoms with van der Waals surface area (Å²) in [6, 6.07) is 9.86. The van der Waals surface area contributed by atoms with Crippen LogP contribution in [0.25, 0.3) is 0 Å². The number of nitrogens with zero attached hydrogens (tertiary/aromatic N) is 2. The molecule has 5 heteroatoms. The van der Waals surface area contributed by atoms with Crippen molar-refractivity contribution in [2.24, 2.45) is 0 Å². The summed E-state index contributed by atoms with van der Waals surface area (Å²) in [5, 5.41) is 4.98. The molecule has 0 aromatic carbocycles. The third-order valence-electron chi connectivity index (χ3n) is 2.98. The lowest BCUT2D eigenvalue weighted by atomic mass is 10.3. The first-order valence-corrected chi connectivity index (χ1v) is 7.62. The van der Waals surface area contributed by atoms with Gasteiger partial charge in [0.2, 0.25) is 0 Å². The Morgan fingerprint density at radius 3 is 2.90 bits per heavy atom. The molecule has 0 spiro atoms. The molecule has 1 N–H and O–H groups in total. The first-order valence-electron chi connectivity index (χ1n) is 6.74. The van der Waals surface area contributed by atoms with Crippen molar-refractivity contribution >= 4 is 17.4 Å². The normalized spacial score (nSPS) is 10.2. The van der Waals surface area contributed by atoms with E-state index in [2.05, 4.69) is 16.4 Å². The molecule has 2 amide bonds. The van der Waals surface area contributed by atoms with E-state index >= 15 is 0 Å². The van der Waals surface area contributed by atoms with Gasteiger partial charge >= 0.3 is 6.03 Å². The maximum absolute atomic E-state index is 12.1. The zero-order chi connectivity index (χ0) is 14.2. The number of hydrogen-bond acceptors (Lipinski definition) is 3. The lowest BCUT2D eigenvalue weighted by Crippen LogP contribution is -2.40. The fourth-order valence-corrected chi connectivity index (χ4v) is 2.59. The first kappa shape index (κ1) is 14.5. The molecule has 0 unspecified atom stereocenters. The maximum Gasteiger partial charge on any atom is 0.317 e. The summed E-state index contributed by atoms with van der Waals surface area (Å²) >= 11 is 1.67. The Kier molecular flexibility index (Phi) is 5.55. The molecule has 0 fully saturated rings. The summed E-state index contributed by atoms with van der Waals surface area (Å²) in [4.78, 5) is 19.3. The van der Waals surface area contributed by atoms with E-state index in [1.165, 1.54) is 4.88 Å². The number of aromatic nitrogens is 1. The van der Waals surface area contributed by atoms with E-state index in [1.54, 1.807) is 17.5 Å². The van der Waals surface area contributed by atoms with Crippen LogP contribution in [0.3, 0.4) is 0 Å². The molecule has 0 saturated carbocycles. The monoisotopic (exact) mass is 289 g/mol. The Bertz CT molecular complexity index is 513. The summed E-state index contributed by atoms with van der Waals surface area (Å²) in [5.41, 5.74) is 0.995. The molecule has 2 heterocycles. The first-order chi connectivity index (χ1) is 9.79. The second-order valence-corrected chi connectivity index (χ2v) is 5.43. The van der Waals surface area contributed by atoms with E-state index in [-0.39, 0.29) is 6.03 Å². The van der Waals surface area contributed by atoms with E-state index in [9.17, 15) is 4.79 Å². The summed E-state index contributed by atoms with van der Waals surface area (Å²) in [7, 11) is 0. The minimum atomic E-state index is -0.0168. The summed E-state index contributed by atoms with van der Waals surface area (Å²) in [6.07, 6.45) is 2.52. The highest BCUT2D eigenvalue weighted by Crippen LogP contribution is 2.11. The summed E-state index contributed by atoms with van der Waals surface area (Å²) in [5.74, 6) is 0.